The van der Waals surface area contributed by atoms with Gasteiger partial charge in [-0.1, -0.05) is 12.1 Å². The molecule has 3 fully saturated rings. The number of carbonyl (C=O) groups excluding carboxylic acids is 1. The first-order valence-corrected chi connectivity index (χ1v) is 11.3. The smallest absolute Gasteiger partial charge is 0.233 e. The highest BCUT2D eigenvalue weighted by Gasteiger charge is 2.53. The number of piperidine rings is 1. The van der Waals surface area contributed by atoms with Gasteiger partial charge in [0.2, 0.25) is 5.91 Å². The zero-order chi connectivity index (χ0) is 21.4. The Morgan fingerprint density at radius 3 is 2.29 bits per heavy atom. The van der Waals surface area contributed by atoms with E-state index < -0.39 is 0 Å². The summed E-state index contributed by atoms with van der Waals surface area (Å²) in [6, 6.07) is 13.0. The van der Waals surface area contributed by atoms with Gasteiger partial charge < -0.3 is 14.4 Å². The number of aromatic nitrogens is 1. The summed E-state index contributed by atoms with van der Waals surface area (Å²) in [5, 5.41) is 0. The van der Waals surface area contributed by atoms with E-state index in [4.69, 9.17) is 9.47 Å². The van der Waals surface area contributed by atoms with Gasteiger partial charge >= 0.3 is 0 Å². The van der Waals surface area contributed by atoms with Crippen LogP contribution in [0, 0.1) is 0 Å². The minimum atomic E-state index is -0.309. The molecule has 2 saturated heterocycles. The molecule has 6 heteroatoms. The van der Waals surface area contributed by atoms with Gasteiger partial charge in [0.05, 0.1) is 24.7 Å². The molecule has 3 aliphatic rings. The first-order valence-electron chi connectivity index (χ1n) is 11.3. The van der Waals surface area contributed by atoms with Crippen molar-refractivity contribution in [1.29, 1.82) is 0 Å². The molecule has 164 valence electrons. The first-order chi connectivity index (χ1) is 15.2. The number of likely N-dealkylation sites (tertiary alicyclic amines) is 2. The lowest BCUT2D eigenvalue weighted by atomic mass is 9.87. The van der Waals surface area contributed by atoms with Crippen molar-refractivity contribution in [3.63, 3.8) is 0 Å². The molecule has 2 unspecified atom stereocenters. The largest absolute Gasteiger partial charge is 0.497 e. The van der Waals surface area contributed by atoms with Gasteiger partial charge in [-0.25, -0.2) is 0 Å². The van der Waals surface area contributed by atoms with Crippen LogP contribution in [-0.2, 0) is 14.9 Å². The summed E-state index contributed by atoms with van der Waals surface area (Å²) in [6.45, 7) is 2.62. The van der Waals surface area contributed by atoms with E-state index in [-0.39, 0.29) is 17.6 Å². The summed E-state index contributed by atoms with van der Waals surface area (Å²) in [5.74, 6) is 1.14. The number of pyridine rings is 1. The van der Waals surface area contributed by atoms with E-state index in [0.29, 0.717) is 11.9 Å². The molecular formula is C25H31N3O3. The molecule has 0 bridgehead atoms. The first kappa shape index (κ1) is 20.5. The van der Waals surface area contributed by atoms with Crippen LogP contribution in [0.5, 0.6) is 5.75 Å². The van der Waals surface area contributed by atoms with Gasteiger partial charge in [0.15, 0.2) is 0 Å². The number of benzene rings is 1. The highest BCUT2D eigenvalue weighted by Crippen LogP contribution is 2.50. The average molecular weight is 422 g/mol. The number of hydrogen-bond donors (Lipinski definition) is 0. The van der Waals surface area contributed by atoms with Crippen LogP contribution in [0.2, 0.25) is 0 Å². The fourth-order valence-corrected chi connectivity index (χ4v) is 5.41. The number of carbonyl (C=O) groups is 1. The van der Waals surface area contributed by atoms with E-state index >= 15 is 0 Å². The maximum atomic E-state index is 13.4. The fraction of sp³-hybridized carbons (Fsp3) is 0.520. The Labute approximate surface area is 184 Å². The normalized spacial score (nSPS) is 25.7. The topological polar surface area (TPSA) is 54.9 Å². The van der Waals surface area contributed by atoms with Crippen LogP contribution >= 0.6 is 0 Å². The Balaban J connectivity index is 1.23. The maximum Gasteiger partial charge on any atom is 0.233 e. The van der Waals surface area contributed by atoms with Crippen LogP contribution in [0.15, 0.2) is 48.8 Å². The number of amides is 1. The lowest BCUT2D eigenvalue weighted by Gasteiger charge is -2.53. The van der Waals surface area contributed by atoms with Crippen LogP contribution < -0.4 is 4.74 Å². The summed E-state index contributed by atoms with van der Waals surface area (Å²) in [4.78, 5) is 22.2. The van der Waals surface area contributed by atoms with E-state index in [1.165, 1.54) is 5.56 Å². The van der Waals surface area contributed by atoms with Crippen molar-refractivity contribution < 1.29 is 14.3 Å². The van der Waals surface area contributed by atoms with Crippen molar-refractivity contribution in [2.24, 2.45) is 0 Å². The lowest BCUT2D eigenvalue weighted by Crippen LogP contribution is -2.60. The van der Waals surface area contributed by atoms with E-state index in [2.05, 4.69) is 39.0 Å². The molecule has 1 aromatic carbocycles. The van der Waals surface area contributed by atoms with Gasteiger partial charge in [-0.2, -0.15) is 0 Å². The minimum absolute atomic E-state index is 0.229. The second kappa shape index (κ2) is 8.24. The molecule has 31 heavy (non-hydrogen) atoms. The van der Waals surface area contributed by atoms with Crippen LogP contribution in [0.25, 0.3) is 0 Å². The third-order valence-electron chi connectivity index (χ3n) is 7.47. The molecule has 2 aliphatic heterocycles. The standard InChI is InChI=1S/C25H31N3O3/c1-30-21-5-3-19(4-6-21)25(11-12-25)24(29)27-15-9-20(10-16-27)28-17-22(31-2)23(28)18-7-13-26-14-8-18/h3-8,13-14,20,22-23H,9-12,15-17H2,1-2H3. The number of nitrogens with zero attached hydrogens (tertiary/aromatic N) is 3. The van der Waals surface area contributed by atoms with Crippen molar-refractivity contribution >= 4 is 5.91 Å². The third kappa shape index (κ3) is 3.62. The van der Waals surface area contributed by atoms with Crippen molar-refractivity contribution in [3.05, 3.63) is 59.9 Å². The number of methoxy groups -OCH3 is 2. The predicted octanol–water partition coefficient (Wildman–Crippen LogP) is 3.18. The van der Waals surface area contributed by atoms with Gasteiger partial charge in [-0.05, 0) is 61.1 Å². The summed E-state index contributed by atoms with van der Waals surface area (Å²) in [5.41, 5.74) is 2.09. The molecule has 2 aromatic rings. The molecule has 1 aliphatic carbocycles. The Kier molecular flexibility index (Phi) is 5.44. The SMILES string of the molecule is COc1ccc(C2(C(=O)N3CCC(N4CC(OC)C4c4ccncc4)CC3)CC2)cc1. The Morgan fingerprint density at radius 1 is 1.03 bits per heavy atom. The second-order valence-electron chi connectivity index (χ2n) is 9.03. The predicted molar refractivity (Wildman–Crippen MR) is 118 cm³/mol. The van der Waals surface area contributed by atoms with Crippen molar-refractivity contribution in [2.75, 3.05) is 33.9 Å². The van der Waals surface area contributed by atoms with Crippen LogP contribution in [0.4, 0.5) is 0 Å². The minimum Gasteiger partial charge on any atom is -0.497 e. The molecule has 5 rings (SSSR count). The lowest BCUT2D eigenvalue weighted by molar-refractivity contribution is -0.140. The Hall–Kier alpha value is -2.44. The molecule has 6 nitrogen and oxygen atoms in total. The zero-order valence-electron chi connectivity index (χ0n) is 18.4. The molecule has 0 N–H and O–H groups in total. The number of rotatable bonds is 6. The average Bonchev–Trinajstić information content (AvgIpc) is 3.62. The maximum absolute atomic E-state index is 13.4. The van der Waals surface area contributed by atoms with E-state index in [1.54, 1.807) is 14.2 Å². The van der Waals surface area contributed by atoms with Gasteiger partial charge in [-0.15, -0.1) is 0 Å². The summed E-state index contributed by atoms with van der Waals surface area (Å²) < 4.78 is 11.0. The summed E-state index contributed by atoms with van der Waals surface area (Å²) >= 11 is 0. The Bertz CT molecular complexity index is 905. The van der Waals surface area contributed by atoms with Crippen LogP contribution in [0.3, 0.4) is 0 Å². The van der Waals surface area contributed by atoms with Crippen LogP contribution in [-0.4, -0.2) is 66.7 Å². The molecule has 3 heterocycles. The number of hydrogen-bond acceptors (Lipinski definition) is 5. The highest BCUT2D eigenvalue weighted by atomic mass is 16.5. The molecule has 1 saturated carbocycles. The number of ether oxygens (including phenoxy) is 2. The Morgan fingerprint density at radius 2 is 1.71 bits per heavy atom. The van der Waals surface area contributed by atoms with E-state index in [1.807, 2.05) is 24.5 Å². The monoisotopic (exact) mass is 421 g/mol. The molecular weight excluding hydrogens is 390 g/mol. The highest BCUT2D eigenvalue weighted by molar-refractivity contribution is 5.91. The van der Waals surface area contributed by atoms with Crippen LogP contribution in [0.1, 0.15) is 42.9 Å². The van der Waals surface area contributed by atoms with Crippen molar-refractivity contribution in [3.8, 4) is 5.75 Å². The molecule has 0 radical (unpaired) electrons. The van der Waals surface area contributed by atoms with Crippen molar-refractivity contribution in [1.82, 2.24) is 14.8 Å². The molecule has 0 spiro atoms. The summed E-state index contributed by atoms with van der Waals surface area (Å²) in [7, 11) is 3.47. The fourth-order valence-electron chi connectivity index (χ4n) is 5.41. The summed E-state index contributed by atoms with van der Waals surface area (Å²) in [6.07, 6.45) is 7.87. The molecule has 2 atom stereocenters. The van der Waals surface area contributed by atoms with E-state index in [0.717, 1.165) is 56.6 Å². The third-order valence-corrected chi connectivity index (χ3v) is 7.47. The van der Waals surface area contributed by atoms with Gasteiger partial charge in [0.25, 0.3) is 0 Å². The van der Waals surface area contributed by atoms with E-state index in [9.17, 15) is 4.79 Å². The van der Waals surface area contributed by atoms with Gasteiger partial charge in [0, 0.05) is 45.2 Å². The molecule has 1 aromatic heterocycles. The molecule has 1 amide bonds. The van der Waals surface area contributed by atoms with Gasteiger partial charge in [-0.3, -0.25) is 14.7 Å². The van der Waals surface area contributed by atoms with Crippen molar-refractivity contribution in [2.45, 2.75) is 49.3 Å². The zero-order valence-corrected chi connectivity index (χ0v) is 18.4. The van der Waals surface area contributed by atoms with Gasteiger partial charge in [0.1, 0.15) is 5.75 Å². The quantitative estimate of drug-likeness (QED) is 0.717. The second-order valence-corrected chi connectivity index (χ2v) is 9.03.